The predicted octanol–water partition coefficient (Wildman–Crippen LogP) is 1.08. The summed E-state index contributed by atoms with van der Waals surface area (Å²) in [6, 6.07) is -0.556. The molecule has 2 N–H and O–H groups in total. The molecular weight excluding hydrogens is 182 g/mol. The lowest BCUT2D eigenvalue weighted by Crippen LogP contribution is -2.33. The molecule has 0 radical (unpaired) electrons. The normalized spacial score (nSPS) is 14.9. The molecule has 0 aliphatic carbocycles. The van der Waals surface area contributed by atoms with Crippen molar-refractivity contribution in [3.63, 3.8) is 0 Å². The Morgan fingerprint density at radius 2 is 2.07 bits per heavy atom. The van der Waals surface area contributed by atoms with E-state index in [1.165, 1.54) is 0 Å². The van der Waals surface area contributed by atoms with Crippen molar-refractivity contribution >= 4 is 5.97 Å². The van der Waals surface area contributed by atoms with Gasteiger partial charge in [0.25, 0.3) is 0 Å². The molecular formula is C10H21NO3. The Kier molecular flexibility index (Phi) is 7.42. The molecule has 0 aromatic carbocycles. The third kappa shape index (κ3) is 5.94. The minimum absolute atomic E-state index is 0.226. The highest BCUT2D eigenvalue weighted by atomic mass is 16.5. The second kappa shape index (κ2) is 7.76. The van der Waals surface area contributed by atoms with E-state index in [0.29, 0.717) is 19.6 Å². The van der Waals surface area contributed by atoms with Gasteiger partial charge in [0, 0.05) is 6.61 Å². The average Bonchev–Trinajstić information content (AvgIpc) is 2.17. The largest absolute Gasteiger partial charge is 0.465 e. The Bertz CT molecular complexity index is 161. The van der Waals surface area contributed by atoms with Crippen LogP contribution < -0.4 is 5.73 Å². The molecule has 4 nitrogen and oxygen atoms in total. The van der Waals surface area contributed by atoms with E-state index in [9.17, 15) is 4.79 Å². The van der Waals surface area contributed by atoms with Gasteiger partial charge in [0.15, 0.2) is 0 Å². The minimum atomic E-state index is -0.556. The van der Waals surface area contributed by atoms with Gasteiger partial charge in [0.1, 0.15) is 6.04 Å². The van der Waals surface area contributed by atoms with Gasteiger partial charge in [-0.1, -0.05) is 6.92 Å². The molecule has 14 heavy (non-hydrogen) atoms. The monoisotopic (exact) mass is 203 g/mol. The quantitative estimate of drug-likeness (QED) is 0.629. The third-order valence-electron chi connectivity index (χ3n) is 2.00. The first-order valence-electron chi connectivity index (χ1n) is 5.15. The molecule has 0 heterocycles. The Balaban J connectivity index is 3.52. The minimum Gasteiger partial charge on any atom is -0.465 e. The van der Waals surface area contributed by atoms with E-state index >= 15 is 0 Å². The van der Waals surface area contributed by atoms with E-state index in [1.807, 2.05) is 6.92 Å². The van der Waals surface area contributed by atoms with Gasteiger partial charge < -0.3 is 15.2 Å². The molecule has 0 rings (SSSR count). The van der Waals surface area contributed by atoms with Crippen LogP contribution >= 0.6 is 0 Å². The van der Waals surface area contributed by atoms with Crippen LogP contribution in [0.1, 0.15) is 33.6 Å². The summed E-state index contributed by atoms with van der Waals surface area (Å²) in [6.45, 7) is 6.69. The van der Waals surface area contributed by atoms with Crippen molar-refractivity contribution in [3.8, 4) is 0 Å². The lowest BCUT2D eigenvalue weighted by atomic mass is 10.2. The Morgan fingerprint density at radius 1 is 1.43 bits per heavy atom. The number of carbonyl (C=O) groups excluding carboxylic acids is 1. The molecule has 0 aromatic rings. The molecule has 0 aliphatic heterocycles. The molecule has 0 aliphatic rings. The van der Waals surface area contributed by atoms with E-state index in [-0.39, 0.29) is 12.1 Å². The second-order valence-electron chi connectivity index (χ2n) is 3.24. The maximum Gasteiger partial charge on any atom is 0.322 e. The van der Waals surface area contributed by atoms with Crippen molar-refractivity contribution in [2.75, 3.05) is 13.2 Å². The van der Waals surface area contributed by atoms with E-state index in [0.717, 1.165) is 6.42 Å². The molecule has 0 bridgehead atoms. The number of carbonyl (C=O) groups is 1. The van der Waals surface area contributed by atoms with Crippen LogP contribution in [0, 0.1) is 0 Å². The van der Waals surface area contributed by atoms with Gasteiger partial charge in [-0.25, -0.2) is 0 Å². The highest BCUT2D eigenvalue weighted by molar-refractivity contribution is 5.75. The molecule has 0 spiro atoms. The Labute approximate surface area is 85.8 Å². The fourth-order valence-electron chi connectivity index (χ4n) is 0.881. The molecule has 0 fully saturated rings. The zero-order chi connectivity index (χ0) is 11.0. The summed E-state index contributed by atoms with van der Waals surface area (Å²) in [5, 5.41) is 0. The van der Waals surface area contributed by atoms with Crippen LogP contribution in [0.3, 0.4) is 0 Å². The molecule has 2 atom stereocenters. The van der Waals surface area contributed by atoms with Crippen molar-refractivity contribution in [1.82, 2.24) is 0 Å². The Morgan fingerprint density at radius 3 is 2.57 bits per heavy atom. The van der Waals surface area contributed by atoms with Crippen LogP contribution in [-0.2, 0) is 14.3 Å². The summed E-state index contributed by atoms with van der Waals surface area (Å²) in [6.07, 6.45) is 1.71. The van der Waals surface area contributed by atoms with E-state index in [2.05, 4.69) is 6.92 Å². The van der Waals surface area contributed by atoms with Crippen LogP contribution in [0.2, 0.25) is 0 Å². The van der Waals surface area contributed by atoms with Crippen LogP contribution in [0.25, 0.3) is 0 Å². The standard InChI is InChI=1S/C10H21NO3/c1-4-8(3)14-7-6-9(11)10(12)13-5-2/h8-9H,4-7,11H2,1-3H3. The molecule has 2 unspecified atom stereocenters. The molecule has 0 aromatic heterocycles. The first-order chi connectivity index (χ1) is 6.61. The van der Waals surface area contributed by atoms with Gasteiger partial charge in [-0.3, -0.25) is 4.79 Å². The summed E-state index contributed by atoms with van der Waals surface area (Å²) in [5.74, 6) is -0.347. The summed E-state index contributed by atoms with van der Waals surface area (Å²) >= 11 is 0. The number of ether oxygens (including phenoxy) is 2. The molecule has 0 saturated carbocycles. The predicted molar refractivity (Wildman–Crippen MR) is 54.9 cm³/mol. The Hall–Kier alpha value is -0.610. The topological polar surface area (TPSA) is 61.5 Å². The van der Waals surface area contributed by atoms with E-state index in [4.69, 9.17) is 15.2 Å². The van der Waals surface area contributed by atoms with Crippen molar-refractivity contribution in [3.05, 3.63) is 0 Å². The fraction of sp³-hybridized carbons (Fsp3) is 0.900. The van der Waals surface area contributed by atoms with Gasteiger partial charge in [0.05, 0.1) is 12.7 Å². The number of esters is 1. The molecule has 0 saturated heterocycles. The lowest BCUT2D eigenvalue weighted by Gasteiger charge is -2.13. The van der Waals surface area contributed by atoms with Crippen molar-refractivity contribution in [1.29, 1.82) is 0 Å². The lowest BCUT2D eigenvalue weighted by molar-refractivity contribution is -0.145. The van der Waals surface area contributed by atoms with Gasteiger partial charge in [-0.15, -0.1) is 0 Å². The highest BCUT2D eigenvalue weighted by Gasteiger charge is 2.14. The maximum atomic E-state index is 11.1. The number of nitrogens with two attached hydrogens (primary N) is 1. The highest BCUT2D eigenvalue weighted by Crippen LogP contribution is 1.99. The average molecular weight is 203 g/mol. The fourth-order valence-corrected chi connectivity index (χ4v) is 0.881. The van der Waals surface area contributed by atoms with Crippen LogP contribution in [0.5, 0.6) is 0 Å². The first kappa shape index (κ1) is 13.4. The number of rotatable bonds is 7. The molecule has 0 amide bonds. The summed E-state index contributed by atoms with van der Waals surface area (Å²) in [4.78, 5) is 11.1. The van der Waals surface area contributed by atoms with Crippen molar-refractivity contribution in [2.45, 2.75) is 45.8 Å². The summed E-state index contributed by atoms with van der Waals surface area (Å²) in [7, 11) is 0. The summed E-state index contributed by atoms with van der Waals surface area (Å²) < 4.78 is 10.2. The van der Waals surface area contributed by atoms with Crippen LogP contribution in [0.15, 0.2) is 0 Å². The summed E-state index contributed by atoms with van der Waals surface area (Å²) in [5.41, 5.74) is 5.58. The van der Waals surface area contributed by atoms with Crippen LogP contribution in [0.4, 0.5) is 0 Å². The van der Waals surface area contributed by atoms with Gasteiger partial charge in [0.2, 0.25) is 0 Å². The number of hydrogen-bond acceptors (Lipinski definition) is 4. The van der Waals surface area contributed by atoms with Crippen LogP contribution in [-0.4, -0.2) is 31.3 Å². The van der Waals surface area contributed by atoms with Gasteiger partial charge in [-0.05, 0) is 26.7 Å². The molecule has 84 valence electrons. The van der Waals surface area contributed by atoms with Gasteiger partial charge in [-0.2, -0.15) is 0 Å². The van der Waals surface area contributed by atoms with E-state index in [1.54, 1.807) is 6.92 Å². The molecule has 4 heteroatoms. The van der Waals surface area contributed by atoms with Gasteiger partial charge >= 0.3 is 5.97 Å². The smallest absolute Gasteiger partial charge is 0.322 e. The van der Waals surface area contributed by atoms with Crippen molar-refractivity contribution in [2.24, 2.45) is 5.73 Å². The zero-order valence-corrected chi connectivity index (χ0v) is 9.29. The maximum absolute atomic E-state index is 11.1. The first-order valence-corrected chi connectivity index (χ1v) is 5.15. The van der Waals surface area contributed by atoms with Crippen molar-refractivity contribution < 1.29 is 14.3 Å². The SMILES string of the molecule is CCOC(=O)C(N)CCOC(C)CC. The van der Waals surface area contributed by atoms with E-state index < -0.39 is 6.04 Å². The number of hydrogen-bond donors (Lipinski definition) is 1. The zero-order valence-electron chi connectivity index (χ0n) is 9.29. The second-order valence-corrected chi connectivity index (χ2v) is 3.24. The third-order valence-corrected chi connectivity index (χ3v) is 2.00.